The van der Waals surface area contributed by atoms with Crippen LogP contribution in [0, 0.1) is 0 Å². The first-order valence-corrected chi connectivity index (χ1v) is 10.8. The first kappa shape index (κ1) is 28.8. The molecule has 1 saturated heterocycles. The fourth-order valence-corrected chi connectivity index (χ4v) is 2.82. The molecule has 9 nitrogen and oxygen atoms in total. The molecule has 1 fully saturated rings. The Balaban J connectivity index is 3.38. The van der Waals surface area contributed by atoms with Crippen molar-refractivity contribution >= 4 is 23.9 Å². The lowest BCUT2D eigenvalue weighted by molar-refractivity contribution is -0.271. The Labute approximate surface area is 200 Å². The summed E-state index contributed by atoms with van der Waals surface area (Å²) in [4.78, 5) is 49.4. The molecule has 188 valence electrons. The molecule has 1 heterocycles. The van der Waals surface area contributed by atoms with Gasteiger partial charge in [0.05, 0.1) is 6.61 Å². The maximum Gasteiger partial charge on any atom is 0.333 e. The Morgan fingerprint density at radius 2 is 0.912 bits per heavy atom. The van der Waals surface area contributed by atoms with Crippen molar-refractivity contribution in [2.75, 3.05) is 6.61 Å². The van der Waals surface area contributed by atoms with E-state index in [-0.39, 0.29) is 6.61 Å². The van der Waals surface area contributed by atoms with Gasteiger partial charge in [-0.25, -0.2) is 19.2 Å². The highest BCUT2D eigenvalue weighted by Gasteiger charge is 2.49. The van der Waals surface area contributed by atoms with E-state index in [4.69, 9.17) is 23.7 Å². The number of hydrogen-bond acceptors (Lipinski definition) is 9. The molecule has 4 atom stereocenters. The molecular formula is C25H34O9. The van der Waals surface area contributed by atoms with Crippen molar-refractivity contribution in [1.29, 1.82) is 0 Å². The van der Waals surface area contributed by atoms with E-state index in [0.29, 0.717) is 22.3 Å². The zero-order chi connectivity index (χ0) is 26.0. The molecule has 0 aliphatic carbocycles. The molecule has 0 saturated carbocycles. The average Bonchev–Trinajstić information content (AvgIpc) is 2.63. The number of allylic oxidation sites excluding steroid dienone is 4. The first-order valence-electron chi connectivity index (χ1n) is 10.8. The van der Waals surface area contributed by atoms with Crippen LogP contribution in [0.3, 0.4) is 0 Å². The molecule has 34 heavy (non-hydrogen) atoms. The molecular weight excluding hydrogens is 444 g/mol. The standard InChI is InChI=1S/C25H34O9/c1-14(2)9-19(26)31-18-13-30-25(34-22(29)12-17(7)8)24(33-21(28)11-16(5)6)23(18)32-20(27)10-15(3)4/h9-12,18,23-25H,13H2,1-8H3/t18-,23-,24+,25?/m1/s1. The highest BCUT2D eigenvalue weighted by Crippen LogP contribution is 2.26. The molecule has 0 amide bonds. The Morgan fingerprint density at radius 1 is 0.559 bits per heavy atom. The second-order valence-corrected chi connectivity index (χ2v) is 8.80. The molecule has 1 aliphatic heterocycles. The van der Waals surface area contributed by atoms with Gasteiger partial charge in [-0.2, -0.15) is 0 Å². The van der Waals surface area contributed by atoms with Crippen molar-refractivity contribution in [1.82, 2.24) is 0 Å². The second kappa shape index (κ2) is 13.5. The van der Waals surface area contributed by atoms with Crippen molar-refractivity contribution < 1.29 is 42.9 Å². The van der Waals surface area contributed by atoms with Crippen LogP contribution in [0.4, 0.5) is 0 Å². The normalized spacial score (nSPS) is 21.2. The molecule has 1 unspecified atom stereocenters. The largest absolute Gasteiger partial charge is 0.453 e. The van der Waals surface area contributed by atoms with Crippen LogP contribution in [0.5, 0.6) is 0 Å². The molecule has 9 heteroatoms. The summed E-state index contributed by atoms with van der Waals surface area (Å²) in [5.74, 6) is -2.93. The molecule has 0 spiro atoms. The maximum absolute atomic E-state index is 12.5. The van der Waals surface area contributed by atoms with Crippen LogP contribution in [0.15, 0.2) is 46.6 Å². The number of esters is 4. The van der Waals surface area contributed by atoms with E-state index in [1.165, 1.54) is 24.3 Å². The van der Waals surface area contributed by atoms with Gasteiger partial charge in [-0.1, -0.05) is 22.3 Å². The van der Waals surface area contributed by atoms with Gasteiger partial charge in [0.1, 0.15) is 0 Å². The number of ether oxygens (including phenoxy) is 5. The van der Waals surface area contributed by atoms with Crippen LogP contribution in [0.2, 0.25) is 0 Å². The van der Waals surface area contributed by atoms with Gasteiger partial charge >= 0.3 is 23.9 Å². The first-order chi connectivity index (χ1) is 15.8. The summed E-state index contributed by atoms with van der Waals surface area (Å²) in [7, 11) is 0. The minimum atomic E-state index is -1.40. The predicted molar refractivity (Wildman–Crippen MR) is 123 cm³/mol. The lowest BCUT2D eigenvalue weighted by Gasteiger charge is -2.39. The third-order valence-corrected chi connectivity index (χ3v) is 4.01. The van der Waals surface area contributed by atoms with Crippen molar-refractivity contribution in [2.24, 2.45) is 0 Å². The Morgan fingerprint density at radius 3 is 1.32 bits per heavy atom. The minimum Gasteiger partial charge on any atom is -0.453 e. The van der Waals surface area contributed by atoms with E-state index in [1.54, 1.807) is 55.4 Å². The predicted octanol–water partition coefficient (Wildman–Crippen LogP) is 3.49. The molecule has 0 aromatic heterocycles. The van der Waals surface area contributed by atoms with Crippen molar-refractivity contribution in [3.05, 3.63) is 46.6 Å². The van der Waals surface area contributed by atoms with E-state index in [2.05, 4.69) is 0 Å². The number of carbonyl (C=O) groups is 4. The van der Waals surface area contributed by atoms with Crippen LogP contribution in [0.25, 0.3) is 0 Å². The van der Waals surface area contributed by atoms with Gasteiger partial charge in [0, 0.05) is 24.3 Å². The Hall–Kier alpha value is -3.20. The van der Waals surface area contributed by atoms with E-state index < -0.39 is 48.5 Å². The Kier molecular flexibility index (Phi) is 11.4. The van der Waals surface area contributed by atoms with Gasteiger partial charge in [-0.15, -0.1) is 0 Å². The number of hydrogen-bond donors (Lipinski definition) is 0. The molecule has 0 radical (unpaired) electrons. The second-order valence-electron chi connectivity index (χ2n) is 8.80. The van der Waals surface area contributed by atoms with Crippen LogP contribution < -0.4 is 0 Å². The van der Waals surface area contributed by atoms with Gasteiger partial charge in [-0.3, -0.25) is 0 Å². The van der Waals surface area contributed by atoms with Gasteiger partial charge in [0.2, 0.25) is 12.4 Å². The number of carbonyl (C=O) groups excluding carboxylic acids is 4. The monoisotopic (exact) mass is 478 g/mol. The fraction of sp³-hybridized carbons (Fsp3) is 0.520. The Bertz CT molecular complexity index is 817. The summed E-state index contributed by atoms with van der Waals surface area (Å²) in [6.45, 7) is 13.4. The summed E-state index contributed by atoms with van der Waals surface area (Å²) in [6.07, 6.45) is -0.257. The SMILES string of the molecule is CC(C)=CC(=O)OC1OC[C@@H](OC(=O)C=C(C)C)[C@@H](OC(=O)C=C(C)C)[C@@H]1OC(=O)C=C(C)C. The van der Waals surface area contributed by atoms with E-state index in [0.717, 1.165) is 0 Å². The van der Waals surface area contributed by atoms with Crippen molar-refractivity contribution in [3.63, 3.8) is 0 Å². The van der Waals surface area contributed by atoms with E-state index in [9.17, 15) is 19.2 Å². The summed E-state index contributed by atoms with van der Waals surface area (Å²) in [6, 6.07) is 0. The van der Waals surface area contributed by atoms with Crippen LogP contribution >= 0.6 is 0 Å². The van der Waals surface area contributed by atoms with Gasteiger partial charge in [0.15, 0.2) is 12.2 Å². The maximum atomic E-state index is 12.5. The van der Waals surface area contributed by atoms with Crippen LogP contribution in [0.1, 0.15) is 55.4 Å². The van der Waals surface area contributed by atoms with Crippen molar-refractivity contribution in [3.8, 4) is 0 Å². The summed E-state index contributed by atoms with van der Waals surface area (Å²) in [5.41, 5.74) is 2.70. The summed E-state index contributed by atoms with van der Waals surface area (Å²) < 4.78 is 27.4. The smallest absolute Gasteiger partial charge is 0.333 e. The van der Waals surface area contributed by atoms with Gasteiger partial charge in [-0.05, 0) is 55.4 Å². The third kappa shape index (κ3) is 10.6. The van der Waals surface area contributed by atoms with Crippen molar-refractivity contribution in [2.45, 2.75) is 80.0 Å². The lowest BCUT2D eigenvalue weighted by atomic mass is 10.0. The summed E-state index contributed by atoms with van der Waals surface area (Å²) in [5, 5.41) is 0. The molecule has 0 aromatic carbocycles. The van der Waals surface area contributed by atoms with E-state index in [1.807, 2.05) is 0 Å². The highest BCUT2D eigenvalue weighted by atomic mass is 16.7. The molecule has 0 aromatic rings. The quantitative estimate of drug-likeness (QED) is 0.294. The fourth-order valence-electron chi connectivity index (χ4n) is 2.82. The summed E-state index contributed by atoms with van der Waals surface area (Å²) >= 11 is 0. The molecule has 1 aliphatic rings. The average molecular weight is 479 g/mol. The third-order valence-electron chi connectivity index (χ3n) is 4.01. The minimum absolute atomic E-state index is 0.265. The number of rotatable bonds is 8. The lowest BCUT2D eigenvalue weighted by Crippen LogP contribution is -2.58. The van der Waals surface area contributed by atoms with E-state index >= 15 is 0 Å². The van der Waals surface area contributed by atoms with Crippen LogP contribution in [-0.2, 0) is 42.9 Å². The zero-order valence-corrected chi connectivity index (χ0v) is 21.0. The molecule has 0 N–H and O–H groups in total. The van der Waals surface area contributed by atoms with Crippen LogP contribution in [-0.4, -0.2) is 55.1 Å². The van der Waals surface area contributed by atoms with Gasteiger partial charge in [0.25, 0.3) is 0 Å². The van der Waals surface area contributed by atoms with Gasteiger partial charge < -0.3 is 23.7 Å². The highest BCUT2D eigenvalue weighted by molar-refractivity contribution is 5.85. The molecule has 0 bridgehead atoms. The topological polar surface area (TPSA) is 114 Å². The zero-order valence-electron chi connectivity index (χ0n) is 21.0. The molecule has 1 rings (SSSR count).